The van der Waals surface area contributed by atoms with E-state index in [1.54, 1.807) is 7.11 Å². The van der Waals surface area contributed by atoms with Crippen molar-refractivity contribution in [3.05, 3.63) is 0 Å². The topological polar surface area (TPSA) is 80.0 Å². The summed E-state index contributed by atoms with van der Waals surface area (Å²) in [6.07, 6.45) is 40.1. The first-order chi connectivity index (χ1) is 24.2. The van der Waals surface area contributed by atoms with Crippen molar-refractivity contribution in [2.45, 2.75) is 233 Å². The van der Waals surface area contributed by atoms with Gasteiger partial charge >= 0.3 is 0 Å². The number of ether oxygens (including phenoxy) is 3. The molecule has 0 saturated heterocycles. The van der Waals surface area contributed by atoms with E-state index in [1.807, 2.05) is 6.21 Å². The molecule has 0 amide bonds. The van der Waals surface area contributed by atoms with Gasteiger partial charge in [0.05, 0.1) is 24.4 Å². The molecule has 0 heterocycles. The van der Waals surface area contributed by atoms with Gasteiger partial charge in [0.2, 0.25) is 0 Å². The van der Waals surface area contributed by atoms with Crippen molar-refractivity contribution in [1.29, 1.82) is 0 Å². The van der Waals surface area contributed by atoms with E-state index in [9.17, 15) is 0 Å². The van der Waals surface area contributed by atoms with Gasteiger partial charge in [-0.05, 0) is 53.4 Å². The summed E-state index contributed by atoms with van der Waals surface area (Å²) >= 11 is 0. The molecule has 6 nitrogen and oxygen atoms in total. The second-order valence-corrected chi connectivity index (χ2v) is 16.5. The minimum absolute atomic E-state index is 0.204. The van der Waals surface area contributed by atoms with Crippen molar-refractivity contribution in [2.24, 2.45) is 16.9 Å². The molecule has 0 radical (unpaired) electrons. The van der Waals surface area contributed by atoms with Crippen molar-refractivity contribution in [2.75, 3.05) is 33.5 Å². The standard InChI is InChI=1S/C44H89N3O3/c1-8-10-12-14-16-18-20-22-24-26-28-30-32-41(33-31-29-27-25-23-21-19-17-15-13-11-9-2)38-46-39-42(47-45)40-50-44(5,6)35-37-49-43(3,4)34-36-48-7/h39,41H,8-38,40,45H2,1-7H3/p+1/b46-39?,47-42+. The SMILES string of the molecule is CCCCCCCCCCCCCCC(CCCCCCCCCCCCCC)C[NH+]=C/C(COC(C)(C)CCOC(C)(C)CCOC)=N\N. The Hall–Kier alpha value is -0.980. The van der Waals surface area contributed by atoms with E-state index in [2.05, 4.69) is 51.6 Å². The molecule has 0 saturated carbocycles. The zero-order valence-electron chi connectivity index (χ0n) is 35.0. The fourth-order valence-electron chi connectivity index (χ4n) is 6.69. The smallest absolute Gasteiger partial charge is 0.187 e. The van der Waals surface area contributed by atoms with Gasteiger partial charge in [-0.15, -0.1) is 0 Å². The van der Waals surface area contributed by atoms with E-state index >= 15 is 0 Å². The van der Waals surface area contributed by atoms with Gasteiger partial charge in [0.15, 0.2) is 6.21 Å². The molecule has 0 aliphatic carbocycles. The minimum Gasteiger partial charge on any atom is -0.385 e. The fourth-order valence-corrected chi connectivity index (χ4v) is 6.69. The minimum atomic E-state index is -0.326. The van der Waals surface area contributed by atoms with Crippen molar-refractivity contribution in [3.8, 4) is 0 Å². The number of nitrogens with zero attached hydrogens (tertiary/aromatic N) is 1. The molecule has 0 aromatic heterocycles. The van der Waals surface area contributed by atoms with Gasteiger partial charge in [-0.3, -0.25) is 0 Å². The quantitative estimate of drug-likeness (QED) is 0.0288. The van der Waals surface area contributed by atoms with Crippen LogP contribution in [-0.4, -0.2) is 56.6 Å². The molecule has 0 rings (SSSR count). The Bertz CT molecular complexity index is 740. The molecular weight excluding hydrogens is 619 g/mol. The van der Waals surface area contributed by atoms with Crippen LogP contribution in [0.25, 0.3) is 0 Å². The van der Waals surface area contributed by atoms with Gasteiger partial charge in [0.1, 0.15) is 12.3 Å². The summed E-state index contributed by atoms with van der Waals surface area (Å²) < 4.78 is 17.6. The van der Waals surface area contributed by atoms with E-state index in [1.165, 1.54) is 167 Å². The first kappa shape index (κ1) is 49.0. The highest BCUT2D eigenvalue weighted by Crippen LogP contribution is 2.21. The van der Waals surface area contributed by atoms with Crippen molar-refractivity contribution in [3.63, 3.8) is 0 Å². The zero-order valence-corrected chi connectivity index (χ0v) is 35.0. The summed E-state index contributed by atoms with van der Waals surface area (Å²) in [7, 11) is 1.73. The molecule has 0 aliphatic rings. The monoisotopic (exact) mass is 709 g/mol. The predicted molar refractivity (Wildman–Crippen MR) is 220 cm³/mol. The van der Waals surface area contributed by atoms with Crippen molar-refractivity contribution in [1.82, 2.24) is 0 Å². The van der Waals surface area contributed by atoms with Crippen LogP contribution in [0.1, 0.15) is 221 Å². The Morgan fingerprint density at radius 1 is 0.580 bits per heavy atom. The summed E-state index contributed by atoms with van der Waals surface area (Å²) in [6, 6.07) is 0. The summed E-state index contributed by atoms with van der Waals surface area (Å²) in [6.45, 7) is 15.8. The van der Waals surface area contributed by atoms with E-state index in [0.717, 1.165) is 25.1 Å². The third-order valence-corrected chi connectivity index (χ3v) is 10.5. The highest BCUT2D eigenvalue weighted by molar-refractivity contribution is 6.29. The van der Waals surface area contributed by atoms with Gasteiger partial charge in [0, 0.05) is 19.6 Å². The van der Waals surface area contributed by atoms with Crippen LogP contribution in [-0.2, 0) is 14.2 Å². The Kier molecular flexibility index (Phi) is 34.4. The van der Waals surface area contributed by atoms with Gasteiger partial charge in [-0.25, -0.2) is 4.99 Å². The maximum Gasteiger partial charge on any atom is 0.187 e. The molecule has 0 unspecified atom stereocenters. The molecule has 0 fully saturated rings. The van der Waals surface area contributed by atoms with E-state index < -0.39 is 0 Å². The number of hydrogen-bond donors (Lipinski definition) is 2. The second kappa shape index (κ2) is 35.1. The number of hydrazone groups is 1. The molecule has 6 heteroatoms. The lowest BCUT2D eigenvalue weighted by molar-refractivity contribution is -0.460. The summed E-state index contributed by atoms with van der Waals surface area (Å²) in [4.78, 5) is 3.59. The third-order valence-electron chi connectivity index (χ3n) is 10.5. The molecule has 0 aromatic carbocycles. The maximum atomic E-state index is 6.25. The lowest BCUT2D eigenvalue weighted by atomic mass is 9.94. The summed E-state index contributed by atoms with van der Waals surface area (Å²) in [5.74, 6) is 6.49. The highest BCUT2D eigenvalue weighted by atomic mass is 16.5. The Morgan fingerprint density at radius 3 is 1.36 bits per heavy atom. The molecule has 0 atom stereocenters. The maximum absolute atomic E-state index is 6.25. The van der Waals surface area contributed by atoms with Crippen molar-refractivity contribution < 1.29 is 19.2 Å². The number of rotatable bonds is 39. The largest absolute Gasteiger partial charge is 0.385 e. The molecular formula is C44H90N3O3+. The zero-order chi connectivity index (χ0) is 37.0. The molecule has 0 spiro atoms. The number of hydrogen-bond acceptors (Lipinski definition) is 5. The van der Waals surface area contributed by atoms with E-state index in [0.29, 0.717) is 25.7 Å². The van der Waals surface area contributed by atoms with Crippen molar-refractivity contribution >= 4 is 11.9 Å². The Balaban J connectivity index is 4.57. The van der Waals surface area contributed by atoms with Gasteiger partial charge < -0.3 is 20.1 Å². The van der Waals surface area contributed by atoms with Gasteiger partial charge in [0.25, 0.3) is 0 Å². The summed E-state index contributed by atoms with van der Waals surface area (Å²) in [5, 5.41) is 4.04. The Labute approximate surface area is 313 Å². The number of nitrogens with one attached hydrogen (secondary N) is 1. The molecule has 0 aliphatic heterocycles. The third kappa shape index (κ3) is 34.1. The van der Waals surface area contributed by atoms with Crippen LogP contribution in [0.5, 0.6) is 0 Å². The van der Waals surface area contributed by atoms with Gasteiger partial charge in [-0.2, -0.15) is 5.10 Å². The lowest BCUT2D eigenvalue weighted by Crippen LogP contribution is -2.72. The summed E-state index contributed by atoms with van der Waals surface area (Å²) in [5.41, 5.74) is 0.228. The van der Waals surface area contributed by atoms with E-state index in [4.69, 9.17) is 20.1 Å². The average Bonchev–Trinajstić information content (AvgIpc) is 3.09. The predicted octanol–water partition coefficient (Wildman–Crippen LogP) is 11.3. The normalized spacial score (nSPS) is 13.0. The molecule has 0 bridgehead atoms. The van der Waals surface area contributed by atoms with Crippen LogP contribution in [0.15, 0.2) is 5.10 Å². The number of nitrogens with two attached hydrogens (primary N) is 1. The molecule has 3 N–H and O–H groups in total. The number of unbranched alkanes of at least 4 members (excludes halogenated alkanes) is 22. The van der Waals surface area contributed by atoms with Crippen LogP contribution in [0, 0.1) is 5.92 Å². The molecule has 50 heavy (non-hydrogen) atoms. The van der Waals surface area contributed by atoms with Crippen LogP contribution in [0.3, 0.4) is 0 Å². The molecule has 0 aromatic rings. The van der Waals surface area contributed by atoms with Crippen LogP contribution in [0.2, 0.25) is 0 Å². The van der Waals surface area contributed by atoms with Crippen LogP contribution < -0.4 is 10.8 Å². The Morgan fingerprint density at radius 2 is 0.960 bits per heavy atom. The van der Waals surface area contributed by atoms with Crippen LogP contribution >= 0.6 is 0 Å². The first-order valence-electron chi connectivity index (χ1n) is 21.8. The lowest BCUT2D eigenvalue weighted by Gasteiger charge is -2.29. The van der Waals surface area contributed by atoms with Crippen LogP contribution in [0.4, 0.5) is 0 Å². The second-order valence-electron chi connectivity index (χ2n) is 16.5. The average molecular weight is 709 g/mol. The van der Waals surface area contributed by atoms with Gasteiger partial charge in [-0.1, -0.05) is 168 Å². The van der Waals surface area contributed by atoms with E-state index in [-0.39, 0.29) is 11.2 Å². The fraction of sp³-hybridized carbons (Fsp3) is 0.955. The first-order valence-corrected chi connectivity index (χ1v) is 21.8. The highest BCUT2D eigenvalue weighted by Gasteiger charge is 2.23. The number of methoxy groups -OCH3 is 1. The molecule has 298 valence electrons.